The summed E-state index contributed by atoms with van der Waals surface area (Å²) in [6, 6.07) is 3.26. The average Bonchev–Trinajstić information content (AvgIpc) is 3.00. The fourth-order valence-corrected chi connectivity index (χ4v) is 3.11. The van der Waals surface area contributed by atoms with Crippen molar-refractivity contribution >= 4 is 23.4 Å². The number of methoxy groups -OCH3 is 1. The Morgan fingerprint density at radius 2 is 2.21 bits per heavy atom. The van der Waals surface area contributed by atoms with E-state index < -0.39 is 5.91 Å². The SMILES string of the molecule is CNC[C@@H]1CCCN1C(=O)c1cc(Cl)c(OCC(N)=O)c(OC)c1. The monoisotopic (exact) mass is 355 g/mol. The third-order valence-electron chi connectivity index (χ3n) is 3.91. The van der Waals surface area contributed by atoms with Gasteiger partial charge in [0.05, 0.1) is 12.1 Å². The zero-order valence-electron chi connectivity index (χ0n) is 13.8. The average molecular weight is 356 g/mol. The number of ether oxygens (including phenoxy) is 2. The molecule has 2 rings (SSSR count). The minimum Gasteiger partial charge on any atom is -0.493 e. The summed E-state index contributed by atoms with van der Waals surface area (Å²) in [6.45, 7) is 1.14. The number of hydrogen-bond acceptors (Lipinski definition) is 5. The Bertz CT molecular complexity index is 624. The van der Waals surface area contributed by atoms with Crippen molar-refractivity contribution in [3.05, 3.63) is 22.7 Å². The molecule has 1 atom stereocenters. The Balaban J connectivity index is 2.25. The Morgan fingerprint density at radius 1 is 1.46 bits per heavy atom. The predicted molar refractivity (Wildman–Crippen MR) is 90.7 cm³/mol. The molecule has 1 aliphatic heterocycles. The summed E-state index contributed by atoms with van der Waals surface area (Å²) >= 11 is 6.20. The topological polar surface area (TPSA) is 93.9 Å². The van der Waals surface area contributed by atoms with Crippen molar-refractivity contribution in [1.29, 1.82) is 0 Å². The maximum Gasteiger partial charge on any atom is 0.255 e. The van der Waals surface area contributed by atoms with Gasteiger partial charge in [-0.2, -0.15) is 0 Å². The van der Waals surface area contributed by atoms with Crippen molar-refractivity contribution in [2.75, 3.05) is 33.9 Å². The van der Waals surface area contributed by atoms with E-state index in [0.29, 0.717) is 12.1 Å². The lowest BCUT2D eigenvalue weighted by Crippen LogP contribution is -2.40. The maximum atomic E-state index is 12.8. The number of rotatable bonds is 7. The van der Waals surface area contributed by atoms with Crippen molar-refractivity contribution in [2.45, 2.75) is 18.9 Å². The zero-order chi connectivity index (χ0) is 17.7. The summed E-state index contributed by atoms with van der Waals surface area (Å²) < 4.78 is 10.5. The van der Waals surface area contributed by atoms with Gasteiger partial charge >= 0.3 is 0 Å². The van der Waals surface area contributed by atoms with Crippen molar-refractivity contribution in [1.82, 2.24) is 10.2 Å². The largest absolute Gasteiger partial charge is 0.493 e. The van der Waals surface area contributed by atoms with Crippen LogP contribution in [-0.2, 0) is 4.79 Å². The number of halogens is 1. The molecular weight excluding hydrogens is 334 g/mol. The van der Waals surface area contributed by atoms with Crippen LogP contribution < -0.4 is 20.5 Å². The number of benzene rings is 1. The third kappa shape index (κ3) is 4.10. The quantitative estimate of drug-likeness (QED) is 0.762. The molecule has 0 spiro atoms. The standard InChI is InChI=1S/C16H22ClN3O4/c1-19-8-11-4-3-5-20(11)16(22)10-6-12(17)15(13(7-10)23-2)24-9-14(18)21/h6-7,11,19H,3-5,8-9H2,1-2H3,(H2,18,21)/t11-/m0/s1. The minimum absolute atomic E-state index is 0.102. The number of hydrogen-bond donors (Lipinski definition) is 2. The molecule has 0 bridgehead atoms. The number of amides is 2. The molecule has 2 amide bonds. The molecule has 1 heterocycles. The molecule has 0 radical (unpaired) electrons. The molecule has 1 saturated heterocycles. The van der Waals surface area contributed by atoms with Crippen LogP contribution >= 0.6 is 11.6 Å². The van der Waals surface area contributed by atoms with Crippen molar-refractivity contribution in [3.8, 4) is 11.5 Å². The molecule has 1 aromatic rings. The molecule has 1 fully saturated rings. The van der Waals surface area contributed by atoms with E-state index in [-0.39, 0.29) is 35.1 Å². The van der Waals surface area contributed by atoms with E-state index in [1.54, 1.807) is 6.07 Å². The van der Waals surface area contributed by atoms with Gasteiger partial charge in [0.15, 0.2) is 18.1 Å². The third-order valence-corrected chi connectivity index (χ3v) is 4.19. The predicted octanol–water partition coefficient (Wildman–Crippen LogP) is 1.04. The Morgan fingerprint density at radius 3 is 2.83 bits per heavy atom. The van der Waals surface area contributed by atoms with Crippen molar-refractivity contribution in [2.24, 2.45) is 5.73 Å². The van der Waals surface area contributed by atoms with Gasteiger partial charge < -0.3 is 25.4 Å². The second kappa shape index (κ2) is 8.21. The molecule has 1 aromatic carbocycles. The second-order valence-corrected chi connectivity index (χ2v) is 6.00. The first-order valence-electron chi connectivity index (χ1n) is 7.72. The Hall–Kier alpha value is -1.99. The normalized spacial score (nSPS) is 17.0. The number of nitrogens with zero attached hydrogens (tertiary/aromatic N) is 1. The van der Waals surface area contributed by atoms with Gasteiger partial charge in [0.25, 0.3) is 11.8 Å². The van der Waals surface area contributed by atoms with Crippen LogP contribution in [0.15, 0.2) is 12.1 Å². The van der Waals surface area contributed by atoms with E-state index in [1.165, 1.54) is 13.2 Å². The van der Waals surface area contributed by atoms with Gasteiger partial charge in [0.1, 0.15) is 0 Å². The number of likely N-dealkylation sites (tertiary alicyclic amines) is 1. The van der Waals surface area contributed by atoms with Crippen LogP contribution in [-0.4, -0.2) is 56.6 Å². The van der Waals surface area contributed by atoms with Crippen LogP contribution in [0.3, 0.4) is 0 Å². The second-order valence-electron chi connectivity index (χ2n) is 5.60. The van der Waals surface area contributed by atoms with E-state index in [2.05, 4.69) is 5.32 Å². The van der Waals surface area contributed by atoms with Gasteiger partial charge in [-0.3, -0.25) is 9.59 Å². The van der Waals surface area contributed by atoms with Gasteiger partial charge in [0.2, 0.25) is 0 Å². The summed E-state index contributed by atoms with van der Waals surface area (Å²) in [6.07, 6.45) is 1.94. The van der Waals surface area contributed by atoms with E-state index in [0.717, 1.165) is 19.4 Å². The van der Waals surface area contributed by atoms with E-state index >= 15 is 0 Å². The first-order valence-corrected chi connectivity index (χ1v) is 8.10. The Kier molecular flexibility index (Phi) is 6.28. The van der Waals surface area contributed by atoms with Crippen LogP contribution in [0.5, 0.6) is 11.5 Å². The highest BCUT2D eigenvalue weighted by Crippen LogP contribution is 2.37. The lowest BCUT2D eigenvalue weighted by molar-refractivity contribution is -0.119. The summed E-state index contributed by atoms with van der Waals surface area (Å²) in [5.41, 5.74) is 5.49. The van der Waals surface area contributed by atoms with Gasteiger partial charge in [-0.25, -0.2) is 0 Å². The van der Waals surface area contributed by atoms with Crippen LogP contribution in [0.4, 0.5) is 0 Å². The molecule has 132 valence electrons. The number of primary amides is 1. The molecule has 8 heteroatoms. The highest BCUT2D eigenvalue weighted by atomic mass is 35.5. The first kappa shape index (κ1) is 18.4. The number of carbonyl (C=O) groups is 2. The Labute approximate surface area is 146 Å². The molecule has 3 N–H and O–H groups in total. The zero-order valence-corrected chi connectivity index (χ0v) is 14.6. The smallest absolute Gasteiger partial charge is 0.255 e. The molecule has 1 aliphatic rings. The summed E-state index contributed by atoms with van der Waals surface area (Å²) in [4.78, 5) is 25.5. The van der Waals surface area contributed by atoms with Crippen LogP contribution in [0.25, 0.3) is 0 Å². The molecule has 0 saturated carbocycles. The van der Waals surface area contributed by atoms with Gasteiger partial charge in [-0.1, -0.05) is 11.6 Å². The maximum absolute atomic E-state index is 12.8. The van der Waals surface area contributed by atoms with E-state index in [9.17, 15) is 9.59 Å². The van der Waals surface area contributed by atoms with E-state index in [4.69, 9.17) is 26.8 Å². The molecule has 24 heavy (non-hydrogen) atoms. The van der Waals surface area contributed by atoms with Crippen LogP contribution in [0.2, 0.25) is 5.02 Å². The summed E-state index contributed by atoms with van der Waals surface area (Å²) in [5.74, 6) is -0.242. The van der Waals surface area contributed by atoms with Gasteiger partial charge in [-0.15, -0.1) is 0 Å². The van der Waals surface area contributed by atoms with Gasteiger partial charge in [0, 0.05) is 24.7 Å². The highest BCUT2D eigenvalue weighted by molar-refractivity contribution is 6.32. The number of likely N-dealkylation sites (N-methyl/N-ethyl adjacent to an activating group) is 1. The number of carbonyl (C=O) groups excluding carboxylic acids is 2. The summed E-state index contributed by atoms with van der Waals surface area (Å²) in [7, 11) is 3.31. The molecular formula is C16H22ClN3O4. The first-order chi connectivity index (χ1) is 11.5. The fraction of sp³-hybridized carbons (Fsp3) is 0.500. The molecule has 0 aromatic heterocycles. The van der Waals surface area contributed by atoms with E-state index in [1.807, 2.05) is 11.9 Å². The number of nitrogens with two attached hydrogens (primary N) is 1. The minimum atomic E-state index is -0.625. The fourth-order valence-electron chi connectivity index (χ4n) is 2.84. The number of nitrogens with one attached hydrogen (secondary N) is 1. The lowest BCUT2D eigenvalue weighted by atomic mass is 10.1. The molecule has 0 aliphatic carbocycles. The summed E-state index contributed by atoms with van der Waals surface area (Å²) in [5, 5.41) is 3.31. The van der Waals surface area contributed by atoms with Gasteiger partial charge in [-0.05, 0) is 32.0 Å². The molecule has 0 unspecified atom stereocenters. The van der Waals surface area contributed by atoms with Crippen molar-refractivity contribution in [3.63, 3.8) is 0 Å². The van der Waals surface area contributed by atoms with Crippen LogP contribution in [0.1, 0.15) is 23.2 Å². The van der Waals surface area contributed by atoms with Crippen molar-refractivity contribution < 1.29 is 19.1 Å². The lowest BCUT2D eigenvalue weighted by Gasteiger charge is -2.25. The molecule has 7 nitrogen and oxygen atoms in total. The highest BCUT2D eigenvalue weighted by Gasteiger charge is 2.30. The van der Waals surface area contributed by atoms with Crippen LogP contribution in [0, 0.1) is 0 Å².